The number of thioether (sulfide) groups is 1. The molecule has 1 N–H and O–H groups in total. The lowest BCUT2D eigenvalue weighted by Crippen LogP contribution is -2.38. The van der Waals surface area contributed by atoms with Crippen LogP contribution in [-0.2, 0) is 4.79 Å². The molecule has 0 saturated carbocycles. The molecule has 80 valence electrons. The molecule has 0 aromatic heterocycles. The maximum atomic E-state index is 10.7. The summed E-state index contributed by atoms with van der Waals surface area (Å²) in [5, 5.41) is 8.81. The van der Waals surface area contributed by atoms with Crippen LogP contribution in [0.5, 0.6) is 0 Å². The lowest BCUT2D eigenvalue weighted by molar-refractivity contribution is -0.138. The molecular formula is C10H17NO2S. The first-order chi connectivity index (χ1) is 6.77. The summed E-state index contributed by atoms with van der Waals surface area (Å²) >= 11 is 1.91. The minimum atomic E-state index is -0.637. The van der Waals surface area contributed by atoms with Gasteiger partial charge in [-0.05, 0) is 37.6 Å². The second-order valence-corrected chi connectivity index (χ2v) is 5.28. The Hall–Kier alpha value is -0.220. The van der Waals surface area contributed by atoms with Crippen LogP contribution in [0.15, 0.2) is 0 Å². The fourth-order valence-corrected chi connectivity index (χ4v) is 3.99. The maximum Gasteiger partial charge on any atom is 0.303 e. The number of carboxylic acids is 1. The molecule has 2 rings (SSSR count). The van der Waals surface area contributed by atoms with Crippen molar-refractivity contribution in [3.8, 4) is 0 Å². The van der Waals surface area contributed by atoms with E-state index < -0.39 is 5.97 Å². The van der Waals surface area contributed by atoms with Crippen molar-refractivity contribution < 1.29 is 9.90 Å². The van der Waals surface area contributed by atoms with Gasteiger partial charge in [-0.1, -0.05) is 0 Å². The molecule has 3 nitrogen and oxygen atoms in total. The number of carbonyl (C=O) groups is 1. The van der Waals surface area contributed by atoms with Crippen LogP contribution in [0.1, 0.15) is 19.3 Å². The monoisotopic (exact) mass is 215 g/mol. The first-order valence-corrected chi connectivity index (χ1v) is 6.46. The minimum Gasteiger partial charge on any atom is -0.481 e. The van der Waals surface area contributed by atoms with Crippen LogP contribution in [0.25, 0.3) is 0 Å². The number of hydrogen-bond donors (Lipinski definition) is 1. The topological polar surface area (TPSA) is 40.5 Å². The van der Waals surface area contributed by atoms with Gasteiger partial charge >= 0.3 is 5.97 Å². The molecule has 4 heteroatoms. The highest BCUT2D eigenvalue weighted by Gasteiger charge is 2.34. The van der Waals surface area contributed by atoms with Gasteiger partial charge in [0.2, 0.25) is 0 Å². The summed E-state index contributed by atoms with van der Waals surface area (Å²) in [6.07, 6.45) is 2.94. The fraction of sp³-hybridized carbons (Fsp3) is 0.900. The van der Waals surface area contributed by atoms with E-state index in [0.717, 1.165) is 11.5 Å². The van der Waals surface area contributed by atoms with Crippen LogP contribution < -0.4 is 0 Å². The average Bonchev–Trinajstić information content (AvgIpc) is 2.70. The third kappa shape index (κ3) is 2.23. The second-order valence-electron chi connectivity index (χ2n) is 4.21. The minimum absolute atomic E-state index is 0.355. The van der Waals surface area contributed by atoms with Crippen LogP contribution in [0.4, 0.5) is 0 Å². The van der Waals surface area contributed by atoms with Crippen LogP contribution >= 0.6 is 11.8 Å². The third-order valence-corrected chi connectivity index (χ3v) is 4.45. The van der Waals surface area contributed by atoms with Crippen molar-refractivity contribution in [1.82, 2.24) is 4.90 Å². The summed E-state index contributed by atoms with van der Waals surface area (Å²) in [6.45, 7) is 2.36. The number of likely N-dealkylation sites (tertiary alicyclic amines) is 1. The van der Waals surface area contributed by atoms with E-state index in [1.54, 1.807) is 0 Å². The van der Waals surface area contributed by atoms with E-state index in [0.29, 0.717) is 18.4 Å². The summed E-state index contributed by atoms with van der Waals surface area (Å²) in [4.78, 5) is 13.2. The molecule has 2 heterocycles. The molecule has 2 saturated heterocycles. The molecule has 0 amide bonds. The van der Waals surface area contributed by atoms with Gasteiger partial charge in [0.05, 0.1) is 6.42 Å². The standard InChI is InChI=1S/C10H17NO2S/c12-10(13)5-8-6-14-7-9(8)11-3-1-2-4-11/h8-9H,1-7H2,(H,12,13). The largest absolute Gasteiger partial charge is 0.481 e. The van der Waals surface area contributed by atoms with Gasteiger partial charge in [0.1, 0.15) is 0 Å². The Kier molecular flexibility index (Phi) is 3.34. The maximum absolute atomic E-state index is 10.7. The van der Waals surface area contributed by atoms with Crippen LogP contribution in [0.3, 0.4) is 0 Å². The highest BCUT2D eigenvalue weighted by Crippen LogP contribution is 2.32. The molecule has 14 heavy (non-hydrogen) atoms. The van der Waals surface area contributed by atoms with Crippen molar-refractivity contribution in [3.05, 3.63) is 0 Å². The molecule has 0 aliphatic carbocycles. The molecule has 2 atom stereocenters. The molecule has 0 spiro atoms. The van der Waals surface area contributed by atoms with E-state index in [2.05, 4.69) is 4.90 Å². The Balaban J connectivity index is 1.92. The Labute approximate surface area is 88.9 Å². The Morgan fingerprint density at radius 2 is 2.07 bits per heavy atom. The van der Waals surface area contributed by atoms with Crippen LogP contribution in [0, 0.1) is 5.92 Å². The normalized spacial score (nSPS) is 33.7. The SMILES string of the molecule is O=C(O)CC1CSCC1N1CCCC1. The van der Waals surface area contributed by atoms with Gasteiger partial charge in [-0.3, -0.25) is 9.69 Å². The van der Waals surface area contributed by atoms with Gasteiger partial charge in [0.25, 0.3) is 0 Å². The van der Waals surface area contributed by atoms with Crippen molar-refractivity contribution >= 4 is 17.7 Å². The summed E-state index contributed by atoms with van der Waals surface area (Å²) in [5.41, 5.74) is 0. The molecule has 2 unspecified atom stereocenters. The number of nitrogens with zero attached hydrogens (tertiary/aromatic N) is 1. The fourth-order valence-electron chi connectivity index (χ4n) is 2.48. The highest BCUT2D eigenvalue weighted by atomic mass is 32.2. The quantitative estimate of drug-likeness (QED) is 0.770. The van der Waals surface area contributed by atoms with Crippen LogP contribution in [0.2, 0.25) is 0 Å². The zero-order chi connectivity index (χ0) is 9.97. The van der Waals surface area contributed by atoms with Gasteiger partial charge in [-0.2, -0.15) is 11.8 Å². The van der Waals surface area contributed by atoms with Crippen molar-refractivity contribution in [3.63, 3.8) is 0 Å². The van der Waals surface area contributed by atoms with Crippen molar-refractivity contribution in [2.45, 2.75) is 25.3 Å². The molecule has 2 fully saturated rings. The second kappa shape index (κ2) is 4.53. The van der Waals surface area contributed by atoms with E-state index in [-0.39, 0.29) is 0 Å². The molecular weight excluding hydrogens is 198 g/mol. The van der Waals surface area contributed by atoms with Gasteiger partial charge in [0.15, 0.2) is 0 Å². The highest BCUT2D eigenvalue weighted by molar-refractivity contribution is 7.99. The van der Waals surface area contributed by atoms with Crippen molar-refractivity contribution in [2.75, 3.05) is 24.6 Å². The predicted molar refractivity (Wildman–Crippen MR) is 57.7 cm³/mol. The Morgan fingerprint density at radius 3 is 2.71 bits per heavy atom. The molecule has 2 aliphatic rings. The van der Waals surface area contributed by atoms with E-state index in [1.807, 2.05) is 11.8 Å². The van der Waals surface area contributed by atoms with E-state index in [1.165, 1.54) is 25.9 Å². The summed E-state index contributed by atoms with van der Waals surface area (Å²) < 4.78 is 0. The van der Waals surface area contributed by atoms with E-state index >= 15 is 0 Å². The Bertz CT molecular complexity index is 216. The molecule has 0 aromatic rings. The molecule has 0 radical (unpaired) electrons. The number of hydrogen-bond acceptors (Lipinski definition) is 3. The number of aliphatic carboxylic acids is 1. The first-order valence-electron chi connectivity index (χ1n) is 5.31. The van der Waals surface area contributed by atoms with Crippen molar-refractivity contribution in [1.29, 1.82) is 0 Å². The lowest BCUT2D eigenvalue weighted by atomic mass is 9.99. The van der Waals surface area contributed by atoms with Crippen molar-refractivity contribution in [2.24, 2.45) is 5.92 Å². The van der Waals surface area contributed by atoms with Gasteiger partial charge < -0.3 is 5.11 Å². The first kappa shape index (κ1) is 10.3. The van der Waals surface area contributed by atoms with Gasteiger partial charge in [-0.25, -0.2) is 0 Å². The summed E-state index contributed by atoms with van der Waals surface area (Å²) in [7, 11) is 0. The van der Waals surface area contributed by atoms with E-state index in [4.69, 9.17) is 5.11 Å². The number of carboxylic acid groups (broad SMARTS) is 1. The average molecular weight is 215 g/mol. The number of rotatable bonds is 3. The van der Waals surface area contributed by atoms with Gasteiger partial charge in [-0.15, -0.1) is 0 Å². The molecule has 2 aliphatic heterocycles. The molecule has 0 aromatic carbocycles. The third-order valence-electron chi connectivity index (χ3n) is 3.21. The summed E-state index contributed by atoms with van der Waals surface area (Å²) in [5.74, 6) is 1.92. The van der Waals surface area contributed by atoms with Crippen LogP contribution in [-0.4, -0.2) is 46.6 Å². The Morgan fingerprint density at radius 1 is 1.36 bits per heavy atom. The van der Waals surface area contributed by atoms with E-state index in [9.17, 15) is 4.79 Å². The molecule has 0 bridgehead atoms. The summed E-state index contributed by atoms with van der Waals surface area (Å²) in [6, 6.07) is 0.540. The zero-order valence-corrected chi connectivity index (χ0v) is 9.13. The van der Waals surface area contributed by atoms with Gasteiger partial charge in [0, 0.05) is 11.8 Å². The lowest BCUT2D eigenvalue weighted by Gasteiger charge is -2.27. The smallest absolute Gasteiger partial charge is 0.303 e. The predicted octanol–water partition coefficient (Wildman–Crippen LogP) is 1.29. The zero-order valence-electron chi connectivity index (χ0n) is 8.32.